The Hall–Kier alpha value is -1.04. The Morgan fingerprint density at radius 2 is 2.12 bits per heavy atom. The second kappa shape index (κ2) is 2.87. The van der Waals surface area contributed by atoms with Crippen molar-refractivity contribution in [3.63, 3.8) is 0 Å². The Morgan fingerprint density at radius 3 is 2.83 bits per heavy atom. The van der Waals surface area contributed by atoms with Gasteiger partial charge in [-0.25, -0.2) is 9.09 Å². The lowest BCUT2D eigenvalue weighted by Gasteiger charge is -2.33. The van der Waals surface area contributed by atoms with Gasteiger partial charge in [-0.1, -0.05) is 0 Å². The molecular formula is C10H4N3O8P3. The summed E-state index contributed by atoms with van der Waals surface area (Å²) < 4.78 is 53.3. The van der Waals surface area contributed by atoms with E-state index in [0.717, 1.165) is 0 Å². The molecule has 6 saturated heterocycles. The lowest BCUT2D eigenvalue weighted by atomic mass is 9.99. The number of nitrogens with zero attached hydrogens (tertiary/aromatic N) is 1. The predicted octanol–water partition coefficient (Wildman–Crippen LogP) is 0.148. The number of aromatic nitrogens is 1. The first-order valence-electron chi connectivity index (χ1n) is 6.74. The van der Waals surface area contributed by atoms with Gasteiger partial charge in [0.2, 0.25) is 17.8 Å². The van der Waals surface area contributed by atoms with Gasteiger partial charge in [0.05, 0.1) is 5.56 Å². The second-order valence-corrected chi connectivity index (χ2v) is 11.9. The smallest absolute Gasteiger partial charge is 0.485 e. The van der Waals surface area contributed by atoms with E-state index in [1.165, 1.54) is 6.07 Å². The van der Waals surface area contributed by atoms with Gasteiger partial charge >= 0.3 is 13.3 Å². The average Bonchev–Trinajstić information content (AvgIpc) is 2.93. The monoisotopic (exact) mass is 387 g/mol. The Labute approximate surface area is 133 Å². The van der Waals surface area contributed by atoms with Gasteiger partial charge in [0.1, 0.15) is 17.6 Å². The van der Waals surface area contributed by atoms with Crippen molar-refractivity contribution in [2.24, 2.45) is 0 Å². The number of nitrogens with two attached hydrogens (primary N) is 1. The molecule has 1 aromatic heterocycles. The molecule has 7 aliphatic heterocycles. The van der Waals surface area contributed by atoms with E-state index in [1.807, 2.05) is 6.07 Å². The SMILES string of the molecule is N#Cc1cc([C@]23O[P+]([O-])=C4OP5(=O)O[C@@]26[C@]2(O5)[C@@]4(O3)P62=O)c(N)[nH]1. The summed E-state index contributed by atoms with van der Waals surface area (Å²) in [5.74, 6) is -1.92. The Morgan fingerprint density at radius 1 is 1.38 bits per heavy atom. The van der Waals surface area contributed by atoms with Crippen molar-refractivity contribution >= 4 is 34.3 Å². The van der Waals surface area contributed by atoms with Crippen molar-refractivity contribution < 1.29 is 36.9 Å². The molecule has 11 nitrogen and oxygen atoms in total. The molecule has 7 atom stereocenters. The maximum Gasteiger partial charge on any atom is 0.485 e. The maximum absolute atomic E-state index is 13.4. The first kappa shape index (κ1) is 13.2. The molecule has 122 valence electrons. The molecule has 24 heavy (non-hydrogen) atoms. The molecule has 0 amide bonds. The van der Waals surface area contributed by atoms with Crippen LogP contribution in [0.2, 0.25) is 0 Å². The minimum absolute atomic E-state index is 0.00430. The molecule has 6 fully saturated rings. The van der Waals surface area contributed by atoms with Crippen LogP contribution in [0.15, 0.2) is 6.07 Å². The summed E-state index contributed by atoms with van der Waals surface area (Å²) >= 11 is 0. The van der Waals surface area contributed by atoms with E-state index in [-0.39, 0.29) is 22.6 Å². The van der Waals surface area contributed by atoms with E-state index < -0.39 is 44.8 Å². The van der Waals surface area contributed by atoms with Gasteiger partial charge in [0, 0.05) is 0 Å². The number of rotatable bonds is 1. The number of anilines is 1. The molecule has 0 saturated carbocycles. The van der Waals surface area contributed by atoms with Crippen molar-refractivity contribution in [2.75, 3.05) is 5.73 Å². The van der Waals surface area contributed by atoms with Gasteiger partial charge in [-0.15, -0.1) is 4.52 Å². The number of phosphoric ester groups is 1. The summed E-state index contributed by atoms with van der Waals surface area (Å²) in [6.45, 7) is 0. The highest BCUT2D eigenvalue weighted by Crippen LogP contribution is 3.27. The van der Waals surface area contributed by atoms with Crippen molar-refractivity contribution in [1.82, 2.24) is 4.98 Å². The zero-order valence-electron chi connectivity index (χ0n) is 11.2. The van der Waals surface area contributed by atoms with E-state index in [0.29, 0.717) is 0 Å². The standard InChI is InChI=1S/C10H4N3O8P3/c11-2-3-1-4(5(12)13-3)7-9-10-8(18-7,23(9,10)15)6(22(14)19-7)17-24(16,20-9)21-10/h1,13H,12H2/t7-,8-,9-,10-,23?,24?/m0/s1. The van der Waals surface area contributed by atoms with Gasteiger partial charge in [0.15, 0.2) is 0 Å². The third-order valence-electron chi connectivity index (χ3n) is 5.56. The molecule has 1 aromatic rings. The molecule has 7 aliphatic rings. The predicted molar refractivity (Wildman–Crippen MR) is 72.4 cm³/mol. The van der Waals surface area contributed by atoms with Crippen molar-refractivity contribution in [3.05, 3.63) is 17.3 Å². The Kier molecular flexibility index (Phi) is 1.58. The van der Waals surface area contributed by atoms with Crippen LogP contribution in [0.3, 0.4) is 0 Å². The molecule has 0 aromatic carbocycles. The fraction of sp³-hybridized carbons (Fsp3) is 0.400. The van der Waals surface area contributed by atoms with E-state index >= 15 is 0 Å². The minimum atomic E-state index is -4.04. The van der Waals surface area contributed by atoms with Crippen LogP contribution in [-0.4, -0.2) is 26.5 Å². The zero-order chi connectivity index (χ0) is 16.5. The maximum atomic E-state index is 13.4. The quantitative estimate of drug-likeness (QED) is 0.633. The fourth-order valence-corrected chi connectivity index (χ4v) is 15.1. The number of nitrogen functional groups attached to an aromatic ring is 1. The summed E-state index contributed by atoms with van der Waals surface area (Å²) in [5.41, 5.74) is 5.83. The van der Waals surface area contributed by atoms with E-state index in [9.17, 15) is 14.0 Å². The van der Waals surface area contributed by atoms with Crippen LogP contribution in [0.5, 0.6) is 0 Å². The number of phosphoric acid groups is 1. The average molecular weight is 387 g/mol. The van der Waals surface area contributed by atoms with Gasteiger partial charge in [-0.3, -0.25) is 9.05 Å². The summed E-state index contributed by atoms with van der Waals surface area (Å²) in [6, 6.07) is 3.21. The number of hydrogen-bond donors (Lipinski definition) is 2. The minimum Gasteiger partial charge on any atom is -0.601 e. The van der Waals surface area contributed by atoms with Crippen LogP contribution in [-0.2, 0) is 37.7 Å². The third kappa shape index (κ3) is 0.730. The molecular weight excluding hydrogens is 383 g/mol. The highest BCUT2D eigenvalue weighted by Gasteiger charge is 3.35. The van der Waals surface area contributed by atoms with E-state index in [2.05, 4.69) is 4.98 Å². The number of nitrogens with one attached hydrogen (secondary N) is 1. The van der Waals surface area contributed by atoms with Gasteiger partial charge in [-0.05, 0) is 6.07 Å². The summed E-state index contributed by atoms with van der Waals surface area (Å²) in [4.78, 5) is 15.2. The summed E-state index contributed by atoms with van der Waals surface area (Å²) in [6.07, 6.45) is 0. The second-order valence-electron chi connectivity index (χ2n) is 6.26. The number of H-pyrrole nitrogens is 1. The topological polar surface area (TPSA) is 169 Å². The number of hydrogen-bond acceptors (Lipinski definition) is 10. The number of fused-ring (bicyclic) bond motifs is 1. The van der Waals surface area contributed by atoms with Gasteiger partial charge < -0.3 is 24.9 Å². The number of ether oxygens (including phenoxy) is 1. The van der Waals surface area contributed by atoms with E-state index in [4.69, 9.17) is 33.8 Å². The van der Waals surface area contributed by atoms with Crippen LogP contribution in [0, 0.1) is 11.3 Å². The van der Waals surface area contributed by atoms with Crippen molar-refractivity contribution in [2.45, 2.75) is 21.8 Å². The molecule has 14 heteroatoms. The van der Waals surface area contributed by atoms with Crippen LogP contribution >= 0.6 is 23.0 Å². The number of nitriles is 1. The first-order chi connectivity index (χ1) is 11.3. The van der Waals surface area contributed by atoms with Crippen molar-refractivity contribution in [3.8, 4) is 6.07 Å². The largest absolute Gasteiger partial charge is 0.601 e. The Balaban J connectivity index is 1.62. The molecule has 8 rings (SSSR count). The zero-order valence-corrected chi connectivity index (χ0v) is 13.9. The molecule has 8 heterocycles. The molecule has 0 aliphatic carbocycles. The Bertz CT molecular complexity index is 1140. The number of aromatic amines is 1. The summed E-state index contributed by atoms with van der Waals surface area (Å²) in [5, 5.41) is 4.27. The lowest BCUT2D eigenvalue weighted by molar-refractivity contribution is -0.254. The first-order valence-corrected chi connectivity index (χ1v) is 11.1. The normalized spacial score (nSPS) is 61.0. The molecule has 3 spiro atoms. The van der Waals surface area contributed by atoms with Crippen LogP contribution in [0.4, 0.5) is 5.82 Å². The lowest BCUT2D eigenvalue weighted by Crippen LogP contribution is -2.44. The van der Waals surface area contributed by atoms with Gasteiger partial charge in [0.25, 0.3) is 19.1 Å². The van der Waals surface area contributed by atoms with Crippen molar-refractivity contribution in [1.29, 1.82) is 5.26 Å². The van der Waals surface area contributed by atoms with E-state index in [1.54, 1.807) is 0 Å². The highest BCUT2D eigenvalue weighted by molar-refractivity contribution is 7.90. The van der Waals surface area contributed by atoms with Crippen LogP contribution in [0.1, 0.15) is 11.3 Å². The fourth-order valence-electron chi connectivity index (χ4n) is 4.80. The highest BCUT2D eigenvalue weighted by atomic mass is 31.2. The third-order valence-corrected chi connectivity index (χ3v) is 13.0. The van der Waals surface area contributed by atoms with Gasteiger partial charge in [-0.2, -0.15) is 5.26 Å². The van der Waals surface area contributed by atoms with Crippen LogP contribution in [0.25, 0.3) is 0 Å². The molecule has 0 radical (unpaired) electrons. The molecule has 3 N–H and O–H groups in total. The summed E-state index contributed by atoms with van der Waals surface area (Å²) in [7, 11) is -10.0. The van der Waals surface area contributed by atoms with Crippen LogP contribution < -0.4 is 10.6 Å². The molecule has 3 unspecified atom stereocenters. The molecule has 5 bridgehead atoms.